The molecule has 2 N–H and O–H groups in total. The molecule has 2 aliphatic rings. The van der Waals surface area contributed by atoms with Gasteiger partial charge in [0, 0.05) is 23.7 Å². The standard InChI is InChI=1S/C17H21N3O3S2/c18-13(21)6-8-24-17-19-15-14(11-4-1-5-12(11)25-15)16(22)20(17)9-10-3-2-7-23-10/h10H,1-9H2,(H2,18,21)/t10-/m1/s1. The van der Waals surface area contributed by atoms with Gasteiger partial charge in [-0.1, -0.05) is 11.8 Å². The molecule has 0 aromatic carbocycles. The number of aromatic nitrogens is 2. The van der Waals surface area contributed by atoms with E-state index >= 15 is 0 Å². The van der Waals surface area contributed by atoms with E-state index in [1.165, 1.54) is 22.2 Å². The molecule has 0 radical (unpaired) electrons. The SMILES string of the molecule is NC(=O)CCSc1nc2sc3c(c2c(=O)n1C[C@H]1CCCO1)CCC3. The molecule has 0 spiro atoms. The molecule has 6 nitrogen and oxygen atoms in total. The summed E-state index contributed by atoms with van der Waals surface area (Å²) in [6, 6.07) is 0. The molecule has 0 unspecified atom stereocenters. The fourth-order valence-corrected chi connectivity index (χ4v) is 5.83. The molecule has 2 aromatic rings. The molecule has 1 aliphatic carbocycles. The van der Waals surface area contributed by atoms with Crippen LogP contribution in [0.3, 0.4) is 0 Å². The average Bonchev–Trinajstić information content (AvgIpc) is 3.27. The van der Waals surface area contributed by atoms with E-state index in [0.717, 1.165) is 48.9 Å². The second-order valence-electron chi connectivity index (χ2n) is 6.55. The Hall–Kier alpha value is -1.38. The van der Waals surface area contributed by atoms with E-state index in [-0.39, 0.29) is 24.0 Å². The van der Waals surface area contributed by atoms with Crippen molar-refractivity contribution >= 4 is 39.2 Å². The quantitative estimate of drug-likeness (QED) is 0.613. The van der Waals surface area contributed by atoms with Crippen LogP contribution in [-0.4, -0.2) is 33.9 Å². The molecule has 8 heteroatoms. The third-order valence-corrected chi connectivity index (χ3v) is 6.94. The largest absolute Gasteiger partial charge is 0.376 e. The third-order valence-electron chi connectivity index (χ3n) is 4.78. The number of nitrogens with two attached hydrogens (primary N) is 1. The highest BCUT2D eigenvalue weighted by Crippen LogP contribution is 2.35. The van der Waals surface area contributed by atoms with Crippen LogP contribution in [0.5, 0.6) is 0 Å². The summed E-state index contributed by atoms with van der Waals surface area (Å²) in [6.07, 6.45) is 5.49. The first kappa shape index (κ1) is 17.1. The van der Waals surface area contributed by atoms with Crippen molar-refractivity contribution < 1.29 is 9.53 Å². The van der Waals surface area contributed by atoms with Crippen molar-refractivity contribution in [1.82, 2.24) is 9.55 Å². The highest BCUT2D eigenvalue weighted by Gasteiger charge is 2.25. The average molecular weight is 380 g/mol. The Labute approximate surface area is 153 Å². The number of amides is 1. The van der Waals surface area contributed by atoms with E-state index in [9.17, 15) is 9.59 Å². The van der Waals surface area contributed by atoms with Crippen LogP contribution in [0.4, 0.5) is 0 Å². The Morgan fingerprint density at radius 2 is 2.28 bits per heavy atom. The number of carbonyl (C=O) groups excluding carboxylic acids is 1. The zero-order valence-corrected chi connectivity index (χ0v) is 15.6. The van der Waals surface area contributed by atoms with Gasteiger partial charge in [-0.15, -0.1) is 11.3 Å². The molecule has 0 bridgehead atoms. The summed E-state index contributed by atoms with van der Waals surface area (Å²) in [7, 11) is 0. The van der Waals surface area contributed by atoms with E-state index in [0.29, 0.717) is 17.5 Å². The predicted molar refractivity (Wildman–Crippen MR) is 99.4 cm³/mol. The number of hydrogen-bond donors (Lipinski definition) is 1. The zero-order chi connectivity index (χ0) is 17.4. The number of rotatable bonds is 6. The van der Waals surface area contributed by atoms with Gasteiger partial charge in [0.05, 0.1) is 18.0 Å². The zero-order valence-electron chi connectivity index (χ0n) is 14.0. The molecular weight excluding hydrogens is 358 g/mol. The smallest absolute Gasteiger partial charge is 0.263 e. The van der Waals surface area contributed by atoms with Gasteiger partial charge in [0.1, 0.15) is 4.83 Å². The number of thiophene rings is 1. The van der Waals surface area contributed by atoms with Crippen LogP contribution >= 0.6 is 23.1 Å². The van der Waals surface area contributed by atoms with Crippen molar-refractivity contribution in [3.63, 3.8) is 0 Å². The lowest BCUT2D eigenvalue weighted by Crippen LogP contribution is -2.29. The van der Waals surface area contributed by atoms with Gasteiger partial charge >= 0.3 is 0 Å². The van der Waals surface area contributed by atoms with Crippen molar-refractivity contribution in [1.29, 1.82) is 0 Å². The molecule has 2 aromatic heterocycles. The maximum atomic E-state index is 13.2. The van der Waals surface area contributed by atoms with Crippen LogP contribution in [0.15, 0.2) is 9.95 Å². The van der Waals surface area contributed by atoms with Gasteiger partial charge < -0.3 is 10.5 Å². The van der Waals surface area contributed by atoms with Crippen molar-refractivity contribution in [3.05, 3.63) is 20.8 Å². The summed E-state index contributed by atoms with van der Waals surface area (Å²) in [5, 5.41) is 1.48. The molecule has 0 saturated carbocycles. The number of primary amides is 1. The molecule has 1 amide bonds. The fraction of sp³-hybridized carbons (Fsp3) is 0.588. The van der Waals surface area contributed by atoms with Crippen molar-refractivity contribution in [2.45, 2.75) is 56.3 Å². The van der Waals surface area contributed by atoms with Gasteiger partial charge in [0.2, 0.25) is 5.91 Å². The van der Waals surface area contributed by atoms with Crippen LogP contribution in [0.25, 0.3) is 10.2 Å². The lowest BCUT2D eigenvalue weighted by molar-refractivity contribution is -0.117. The third kappa shape index (κ3) is 3.35. The summed E-state index contributed by atoms with van der Waals surface area (Å²) in [6.45, 7) is 1.29. The molecule has 134 valence electrons. The van der Waals surface area contributed by atoms with Crippen LogP contribution in [-0.2, 0) is 28.9 Å². The van der Waals surface area contributed by atoms with E-state index < -0.39 is 0 Å². The first-order valence-corrected chi connectivity index (χ1v) is 10.5. The molecular formula is C17H21N3O3S2. The number of aryl methyl sites for hydroxylation is 2. The number of carbonyl (C=O) groups is 1. The first-order valence-electron chi connectivity index (χ1n) is 8.71. The van der Waals surface area contributed by atoms with Gasteiger partial charge in [-0.25, -0.2) is 4.98 Å². The van der Waals surface area contributed by atoms with Crippen molar-refractivity contribution in [3.8, 4) is 0 Å². The van der Waals surface area contributed by atoms with Crippen LogP contribution in [0.1, 0.15) is 36.1 Å². The molecule has 1 atom stereocenters. The normalized spacial score (nSPS) is 19.6. The van der Waals surface area contributed by atoms with Crippen molar-refractivity contribution in [2.24, 2.45) is 5.73 Å². The van der Waals surface area contributed by atoms with E-state index in [4.69, 9.17) is 15.5 Å². The number of fused-ring (bicyclic) bond motifs is 3. The summed E-state index contributed by atoms with van der Waals surface area (Å²) in [4.78, 5) is 31.2. The van der Waals surface area contributed by atoms with Gasteiger partial charge in [0.25, 0.3) is 5.56 Å². The number of hydrogen-bond acceptors (Lipinski definition) is 6. The van der Waals surface area contributed by atoms with E-state index in [1.54, 1.807) is 15.9 Å². The number of thioether (sulfide) groups is 1. The highest BCUT2D eigenvalue weighted by molar-refractivity contribution is 7.99. The molecule has 4 rings (SSSR count). The Kier molecular flexibility index (Phi) is 4.84. The monoisotopic (exact) mass is 379 g/mol. The topological polar surface area (TPSA) is 87.2 Å². The molecule has 1 fully saturated rings. The summed E-state index contributed by atoms with van der Waals surface area (Å²) in [5.74, 6) is 0.195. The number of nitrogens with zero attached hydrogens (tertiary/aromatic N) is 2. The minimum absolute atomic E-state index is 0.0430. The Bertz CT molecular complexity index is 868. The van der Waals surface area contributed by atoms with Gasteiger partial charge in [-0.05, 0) is 37.7 Å². The minimum Gasteiger partial charge on any atom is -0.376 e. The second kappa shape index (κ2) is 7.09. The predicted octanol–water partition coefficient (Wildman–Crippen LogP) is 2.09. The van der Waals surface area contributed by atoms with Gasteiger partial charge in [-0.2, -0.15) is 0 Å². The van der Waals surface area contributed by atoms with E-state index in [2.05, 4.69) is 0 Å². The Balaban J connectivity index is 1.74. The van der Waals surface area contributed by atoms with E-state index in [1.807, 2.05) is 0 Å². The van der Waals surface area contributed by atoms with Crippen molar-refractivity contribution in [2.75, 3.05) is 12.4 Å². The van der Waals surface area contributed by atoms with Gasteiger partial charge in [0.15, 0.2) is 5.16 Å². The molecule has 3 heterocycles. The maximum absolute atomic E-state index is 13.2. The van der Waals surface area contributed by atoms with Crippen LogP contribution < -0.4 is 11.3 Å². The molecule has 1 aliphatic heterocycles. The summed E-state index contributed by atoms with van der Waals surface area (Å²) in [5.41, 5.74) is 6.48. The molecule has 1 saturated heterocycles. The van der Waals surface area contributed by atoms with Crippen LogP contribution in [0, 0.1) is 0 Å². The minimum atomic E-state index is -0.336. The first-order chi connectivity index (χ1) is 12.1. The maximum Gasteiger partial charge on any atom is 0.263 e. The Morgan fingerprint density at radius 1 is 1.40 bits per heavy atom. The lowest BCUT2D eigenvalue weighted by Gasteiger charge is -2.15. The summed E-state index contributed by atoms with van der Waals surface area (Å²) < 4.78 is 7.49. The fourth-order valence-electron chi connectivity index (χ4n) is 3.56. The van der Waals surface area contributed by atoms with Crippen LogP contribution in [0.2, 0.25) is 0 Å². The Morgan fingerprint density at radius 3 is 3.04 bits per heavy atom. The second-order valence-corrected chi connectivity index (χ2v) is 8.69. The van der Waals surface area contributed by atoms with Gasteiger partial charge in [-0.3, -0.25) is 14.2 Å². The highest BCUT2D eigenvalue weighted by atomic mass is 32.2. The summed E-state index contributed by atoms with van der Waals surface area (Å²) >= 11 is 3.08. The lowest BCUT2D eigenvalue weighted by atomic mass is 10.2. The molecule has 25 heavy (non-hydrogen) atoms. The number of ether oxygens (including phenoxy) is 1.